The second-order valence-corrected chi connectivity index (χ2v) is 5.25. The van der Waals surface area contributed by atoms with Crippen molar-refractivity contribution in [1.82, 2.24) is 9.88 Å². The van der Waals surface area contributed by atoms with Crippen molar-refractivity contribution >= 4 is 5.91 Å². The van der Waals surface area contributed by atoms with Crippen LogP contribution in [0.3, 0.4) is 0 Å². The number of carbonyl (C=O) groups is 1. The predicted molar refractivity (Wildman–Crippen MR) is 78.4 cm³/mol. The third-order valence-electron chi connectivity index (χ3n) is 3.96. The van der Waals surface area contributed by atoms with Crippen molar-refractivity contribution in [2.75, 3.05) is 6.54 Å². The number of pyridine rings is 1. The summed E-state index contributed by atoms with van der Waals surface area (Å²) < 4.78 is 0. The Labute approximate surface area is 119 Å². The normalized spacial score (nSPS) is 18.2. The highest BCUT2D eigenvalue weighted by Crippen LogP contribution is 2.34. The maximum absolute atomic E-state index is 12.7. The van der Waals surface area contributed by atoms with Crippen LogP contribution in [0.25, 0.3) is 0 Å². The van der Waals surface area contributed by atoms with Crippen molar-refractivity contribution in [2.45, 2.75) is 25.8 Å². The van der Waals surface area contributed by atoms with E-state index in [2.05, 4.69) is 11.9 Å². The summed E-state index contributed by atoms with van der Waals surface area (Å²) in [5, 5.41) is 0. The van der Waals surface area contributed by atoms with Crippen molar-refractivity contribution in [3.05, 3.63) is 65.5 Å². The molecule has 0 radical (unpaired) electrons. The number of hydrogen-bond acceptors (Lipinski definition) is 2. The molecule has 3 nitrogen and oxygen atoms in total. The van der Waals surface area contributed by atoms with Crippen LogP contribution in [0.2, 0.25) is 0 Å². The number of rotatable bonds is 2. The fourth-order valence-electron chi connectivity index (χ4n) is 2.94. The van der Waals surface area contributed by atoms with E-state index in [0.717, 1.165) is 30.5 Å². The smallest absolute Gasteiger partial charge is 0.254 e. The summed E-state index contributed by atoms with van der Waals surface area (Å²) in [7, 11) is 0. The summed E-state index contributed by atoms with van der Waals surface area (Å²) in [5.41, 5.74) is 3.15. The van der Waals surface area contributed by atoms with Gasteiger partial charge in [-0.3, -0.25) is 9.78 Å². The number of benzene rings is 1. The third-order valence-corrected chi connectivity index (χ3v) is 3.96. The molecule has 1 saturated heterocycles. The summed E-state index contributed by atoms with van der Waals surface area (Å²) >= 11 is 0. The average Bonchev–Trinajstić information content (AvgIpc) is 2.97. The highest BCUT2D eigenvalue weighted by atomic mass is 16.2. The Morgan fingerprint density at radius 1 is 1.25 bits per heavy atom. The van der Waals surface area contributed by atoms with Crippen LogP contribution in [0.1, 0.15) is 40.4 Å². The fraction of sp³-hybridized carbons (Fsp3) is 0.294. The number of amides is 1. The fourth-order valence-corrected chi connectivity index (χ4v) is 2.94. The molecule has 0 saturated carbocycles. The molecule has 0 unspecified atom stereocenters. The molecule has 3 rings (SSSR count). The van der Waals surface area contributed by atoms with Gasteiger partial charge in [-0.1, -0.05) is 18.2 Å². The molecule has 1 aliphatic heterocycles. The Morgan fingerprint density at radius 2 is 2.05 bits per heavy atom. The standard InChI is InChI=1S/C17H18N2O/c1-13-12-18-10-9-15(13)16-8-5-11-19(16)17(20)14-6-3-2-4-7-14/h2-4,6-7,9-10,12,16H,5,8,11H2,1H3/t16-/m1/s1. The van der Waals surface area contributed by atoms with Crippen molar-refractivity contribution in [1.29, 1.82) is 0 Å². The molecule has 102 valence electrons. The quantitative estimate of drug-likeness (QED) is 0.835. The molecule has 2 aromatic rings. The first kappa shape index (κ1) is 12.9. The SMILES string of the molecule is Cc1cnccc1[C@H]1CCCN1C(=O)c1ccccc1. The Hall–Kier alpha value is -2.16. The van der Waals surface area contributed by atoms with Crippen LogP contribution in [0.4, 0.5) is 0 Å². The van der Waals surface area contributed by atoms with Crippen LogP contribution in [0.15, 0.2) is 48.8 Å². The number of carbonyl (C=O) groups excluding carboxylic acids is 1. The van der Waals surface area contributed by atoms with E-state index in [1.54, 1.807) is 0 Å². The van der Waals surface area contributed by atoms with Crippen LogP contribution >= 0.6 is 0 Å². The van der Waals surface area contributed by atoms with Gasteiger partial charge in [0, 0.05) is 24.5 Å². The predicted octanol–water partition coefficient (Wildman–Crippen LogP) is 3.37. The number of aryl methyl sites for hydroxylation is 1. The first-order valence-corrected chi connectivity index (χ1v) is 7.04. The van der Waals surface area contributed by atoms with Gasteiger partial charge in [-0.25, -0.2) is 0 Å². The minimum absolute atomic E-state index is 0.129. The van der Waals surface area contributed by atoms with Crippen LogP contribution in [0, 0.1) is 6.92 Å². The lowest BCUT2D eigenvalue weighted by atomic mass is 10.0. The van der Waals surface area contributed by atoms with Gasteiger partial charge in [0.15, 0.2) is 0 Å². The molecule has 1 fully saturated rings. The Bertz CT molecular complexity index is 609. The topological polar surface area (TPSA) is 33.2 Å². The van der Waals surface area contributed by atoms with E-state index in [0.29, 0.717) is 0 Å². The van der Waals surface area contributed by atoms with Crippen LogP contribution < -0.4 is 0 Å². The van der Waals surface area contributed by atoms with E-state index in [9.17, 15) is 4.79 Å². The zero-order valence-electron chi connectivity index (χ0n) is 11.6. The van der Waals surface area contributed by atoms with Crippen LogP contribution in [0.5, 0.6) is 0 Å². The molecule has 0 aliphatic carbocycles. The molecule has 1 aromatic heterocycles. The van der Waals surface area contributed by atoms with Gasteiger partial charge >= 0.3 is 0 Å². The van der Waals surface area contributed by atoms with Crippen LogP contribution in [-0.4, -0.2) is 22.3 Å². The lowest BCUT2D eigenvalue weighted by molar-refractivity contribution is 0.0735. The molecule has 20 heavy (non-hydrogen) atoms. The van der Waals surface area contributed by atoms with Gasteiger partial charge in [-0.15, -0.1) is 0 Å². The van der Waals surface area contributed by atoms with Gasteiger partial charge in [-0.05, 0) is 49.1 Å². The lowest BCUT2D eigenvalue weighted by Gasteiger charge is -2.26. The van der Waals surface area contributed by atoms with Crippen molar-refractivity contribution in [2.24, 2.45) is 0 Å². The van der Waals surface area contributed by atoms with Gasteiger partial charge in [0.25, 0.3) is 5.91 Å². The Balaban J connectivity index is 1.90. The zero-order valence-corrected chi connectivity index (χ0v) is 11.6. The monoisotopic (exact) mass is 266 g/mol. The van der Waals surface area contributed by atoms with Crippen LogP contribution in [-0.2, 0) is 0 Å². The second-order valence-electron chi connectivity index (χ2n) is 5.25. The molecule has 1 aromatic carbocycles. The van der Waals surface area contributed by atoms with Crippen molar-refractivity contribution in [3.8, 4) is 0 Å². The average molecular weight is 266 g/mol. The lowest BCUT2D eigenvalue weighted by Crippen LogP contribution is -2.30. The summed E-state index contributed by atoms with van der Waals surface area (Å²) in [5.74, 6) is 0.129. The second kappa shape index (κ2) is 5.45. The van der Waals surface area contributed by atoms with Gasteiger partial charge in [0.1, 0.15) is 0 Å². The largest absolute Gasteiger partial charge is 0.332 e. The van der Waals surface area contributed by atoms with Gasteiger partial charge in [0.2, 0.25) is 0 Å². The number of nitrogens with zero attached hydrogens (tertiary/aromatic N) is 2. The van der Waals surface area contributed by atoms with Gasteiger partial charge in [-0.2, -0.15) is 0 Å². The van der Waals surface area contributed by atoms with E-state index in [1.807, 2.05) is 53.7 Å². The van der Waals surface area contributed by atoms with E-state index in [4.69, 9.17) is 0 Å². The molecular weight excluding hydrogens is 248 g/mol. The summed E-state index contributed by atoms with van der Waals surface area (Å²) in [6, 6.07) is 11.8. The van der Waals surface area contributed by atoms with Crippen molar-refractivity contribution in [3.63, 3.8) is 0 Å². The summed E-state index contributed by atoms with van der Waals surface area (Å²) in [6.07, 6.45) is 5.78. The molecule has 0 spiro atoms. The Kier molecular flexibility index (Phi) is 3.50. The first-order chi connectivity index (χ1) is 9.77. The minimum Gasteiger partial charge on any atom is -0.332 e. The number of likely N-dealkylation sites (tertiary alicyclic amines) is 1. The molecule has 1 amide bonds. The highest BCUT2D eigenvalue weighted by molar-refractivity contribution is 5.94. The molecule has 1 atom stereocenters. The van der Waals surface area contributed by atoms with E-state index >= 15 is 0 Å². The molecule has 1 aliphatic rings. The number of hydrogen-bond donors (Lipinski definition) is 0. The Morgan fingerprint density at radius 3 is 2.80 bits per heavy atom. The van der Waals surface area contributed by atoms with Gasteiger partial charge < -0.3 is 4.90 Å². The highest BCUT2D eigenvalue weighted by Gasteiger charge is 2.31. The zero-order chi connectivity index (χ0) is 13.9. The first-order valence-electron chi connectivity index (χ1n) is 7.04. The molecule has 0 bridgehead atoms. The molecular formula is C17H18N2O. The van der Waals surface area contributed by atoms with E-state index in [1.165, 1.54) is 5.56 Å². The van der Waals surface area contributed by atoms with Crippen molar-refractivity contribution < 1.29 is 4.79 Å². The third kappa shape index (κ3) is 2.31. The molecule has 2 heterocycles. The molecule has 0 N–H and O–H groups in total. The van der Waals surface area contributed by atoms with E-state index in [-0.39, 0.29) is 11.9 Å². The molecule has 3 heteroatoms. The maximum Gasteiger partial charge on any atom is 0.254 e. The van der Waals surface area contributed by atoms with Gasteiger partial charge in [0.05, 0.1) is 6.04 Å². The maximum atomic E-state index is 12.7. The summed E-state index contributed by atoms with van der Waals surface area (Å²) in [4.78, 5) is 18.8. The number of aromatic nitrogens is 1. The minimum atomic E-state index is 0.129. The summed E-state index contributed by atoms with van der Waals surface area (Å²) in [6.45, 7) is 2.89. The van der Waals surface area contributed by atoms with E-state index < -0.39 is 0 Å².